The number of rotatable bonds is 9. The lowest BCUT2D eigenvalue weighted by Crippen LogP contribution is -2.15. The maximum atomic E-state index is 12.2. The maximum absolute atomic E-state index is 12.2. The number of carbonyl (C=O) groups excluding carboxylic acids is 1. The van der Waals surface area contributed by atoms with Crippen LogP contribution in [0.4, 0.5) is 0 Å². The maximum Gasteiger partial charge on any atom is 0.155 e. The van der Waals surface area contributed by atoms with Crippen LogP contribution < -0.4 is 0 Å². The molecule has 0 aliphatic heterocycles. The molecule has 120 valence electrons. The van der Waals surface area contributed by atoms with E-state index in [1.165, 1.54) is 36.8 Å². The number of hydrogen-bond donors (Lipinski definition) is 0. The highest BCUT2D eigenvalue weighted by Gasteiger charge is 2.21. The number of ketones is 1. The van der Waals surface area contributed by atoms with Crippen molar-refractivity contribution >= 4 is 5.78 Å². The quantitative estimate of drug-likeness (QED) is 0.531. The van der Waals surface area contributed by atoms with Gasteiger partial charge >= 0.3 is 0 Å². The number of allylic oxidation sites excluding steroid dienone is 2. The van der Waals surface area contributed by atoms with E-state index in [0.29, 0.717) is 24.0 Å². The predicted molar refractivity (Wildman–Crippen MR) is 93.9 cm³/mol. The zero-order valence-corrected chi connectivity index (χ0v) is 14.2. The molecule has 2 rings (SSSR count). The minimum Gasteiger partial charge on any atom is -0.295 e. The van der Waals surface area contributed by atoms with Crippen LogP contribution in [0.3, 0.4) is 0 Å². The largest absolute Gasteiger partial charge is 0.295 e. The fourth-order valence-corrected chi connectivity index (χ4v) is 3.30. The monoisotopic (exact) mass is 298 g/mol. The van der Waals surface area contributed by atoms with Crippen LogP contribution in [0.1, 0.15) is 64.4 Å². The summed E-state index contributed by atoms with van der Waals surface area (Å²) < 4.78 is 0. The van der Waals surface area contributed by atoms with Crippen molar-refractivity contribution in [3.8, 4) is 0 Å². The lowest BCUT2D eigenvalue weighted by atomic mass is 9.78. The van der Waals surface area contributed by atoms with Gasteiger partial charge in [-0.25, -0.2) is 0 Å². The van der Waals surface area contributed by atoms with Crippen LogP contribution >= 0.6 is 0 Å². The molecule has 0 amide bonds. The van der Waals surface area contributed by atoms with E-state index in [0.717, 1.165) is 19.3 Å². The zero-order chi connectivity index (χ0) is 15.8. The van der Waals surface area contributed by atoms with Gasteiger partial charge in [0.1, 0.15) is 0 Å². The van der Waals surface area contributed by atoms with Crippen LogP contribution in [-0.4, -0.2) is 5.78 Å². The zero-order valence-electron chi connectivity index (χ0n) is 14.2. The normalized spacial score (nSPS) is 17.1. The van der Waals surface area contributed by atoms with Crippen molar-refractivity contribution in [1.82, 2.24) is 0 Å². The highest BCUT2D eigenvalue weighted by atomic mass is 16.1. The van der Waals surface area contributed by atoms with E-state index in [-0.39, 0.29) is 0 Å². The van der Waals surface area contributed by atoms with Crippen molar-refractivity contribution in [1.29, 1.82) is 0 Å². The SMILES string of the molecule is CC/C(=C\C(=O)CC(C)CCCc1ccccc1)C1CCC1. The van der Waals surface area contributed by atoms with E-state index in [9.17, 15) is 4.79 Å². The van der Waals surface area contributed by atoms with Gasteiger partial charge in [0, 0.05) is 6.42 Å². The summed E-state index contributed by atoms with van der Waals surface area (Å²) in [6, 6.07) is 10.6. The van der Waals surface area contributed by atoms with Crippen LogP contribution in [0.15, 0.2) is 42.0 Å². The van der Waals surface area contributed by atoms with Crippen molar-refractivity contribution in [3.05, 3.63) is 47.5 Å². The molecule has 1 aromatic carbocycles. The van der Waals surface area contributed by atoms with Gasteiger partial charge in [-0.05, 0) is 62.0 Å². The van der Waals surface area contributed by atoms with Crippen LogP contribution in [0.25, 0.3) is 0 Å². The van der Waals surface area contributed by atoms with Crippen molar-refractivity contribution in [2.24, 2.45) is 11.8 Å². The van der Waals surface area contributed by atoms with Gasteiger partial charge in [0.25, 0.3) is 0 Å². The summed E-state index contributed by atoms with van der Waals surface area (Å²) in [6.45, 7) is 4.40. The fraction of sp³-hybridized carbons (Fsp3) is 0.571. The second kappa shape index (κ2) is 8.92. The molecule has 0 spiro atoms. The molecular formula is C21H30O. The van der Waals surface area contributed by atoms with Crippen LogP contribution in [0, 0.1) is 11.8 Å². The van der Waals surface area contributed by atoms with E-state index in [1.807, 2.05) is 6.08 Å². The topological polar surface area (TPSA) is 17.1 Å². The smallest absolute Gasteiger partial charge is 0.155 e. The van der Waals surface area contributed by atoms with Gasteiger partial charge in [0.2, 0.25) is 0 Å². The van der Waals surface area contributed by atoms with Crippen molar-refractivity contribution in [3.63, 3.8) is 0 Å². The molecule has 1 fully saturated rings. The number of hydrogen-bond acceptors (Lipinski definition) is 1. The summed E-state index contributed by atoms with van der Waals surface area (Å²) in [5, 5.41) is 0. The molecule has 22 heavy (non-hydrogen) atoms. The van der Waals surface area contributed by atoms with E-state index >= 15 is 0 Å². The first kappa shape index (κ1) is 17.0. The summed E-state index contributed by atoms with van der Waals surface area (Å²) >= 11 is 0. The molecule has 1 nitrogen and oxygen atoms in total. The van der Waals surface area contributed by atoms with E-state index in [4.69, 9.17) is 0 Å². The third kappa shape index (κ3) is 5.44. The van der Waals surface area contributed by atoms with Crippen molar-refractivity contribution in [2.75, 3.05) is 0 Å². The van der Waals surface area contributed by atoms with Crippen molar-refractivity contribution < 1.29 is 4.79 Å². The van der Waals surface area contributed by atoms with Gasteiger partial charge < -0.3 is 0 Å². The number of carbonyl (C=O) groups is 1. The molecule has 1 unspecified atom stereocenters. The Hall–Kier alpha value is -1.37. The van der Waals surface area contributed by atoms with Crippen molar-refractivity contribution in [2.45, 2.75) is 65.2 Å². The Morgan fingerprint density at radius 3 is 2.59 bits per heavy atom. The summed E-state index contributed by atoms with van der Waals surface area (Å²) in [6.07, 6.45) is 11.1. The molecule has 0 N–H and O–H groups in total. The first-order valence-corrected chi connectivity index (χ1v) is 8.96. The minimum absolute atomic E-state index is 0.343. The summed E-state index contributed by atoms with van der Waals surface area (Å²) in [4.78, 5) is 12.2. The number of benzene rings is 1. The summed E-state index contributed by atoms with van der Waals surface area (Å²) in [7, 11) is 0. The van der Waals surface area contributed by atoms with Gasteiger partial charge in [0.05, 0.1) is 0 Å². The lowest BCUT2D eigenvalue weighted by molar-refractivity contribution is -0.115. The molecule has 0 heterocycles. The molecule has 1 aromatic rings. The molecule has 1 saturated carbocycles. The Morgan fingerprint density at radius 2 is 2.00 bits per heavy atom. The third-order valence-electron chi connectivity index (χ3n) is 4.94. The molecule has 1 atom stereocenters. The molecule has 0 bridgehead atoms. The Balaban J connectivity index is 1.70. The van der Waals surface area contributed by atoms with E-state index in [2.05, 4.69) is 44.2 Å². The molecular weight excluding hydrogens is 268 g/mol. The van der Waals surface area contributed by atoms with Gasteiger partial charge in [-0.2, -0.15) is 0 Å². The first-order valence-electron chi connectivity index (χ1n) is 8.96. The van der Waals surface area contributed by atoms with Gasteiger partial charge in [-0.3, -0.25) is 4.79 Å². The predicted octanol–water partition coefficient (Wildman–Crippen LogP) is 5.74. The van der Waals surface area contributed by atoms with Gasteiger partial charge in [0.15, 0.2) is 5.78 Å². The average molecular weight is 298 g/mol. The number of aryl methyl sites for hydroxylation is 1. The third-order valence-corrected chi connectivity index (χ3v) is 4.94. The molecule has 0 radical (unpaired) electrons. The molecule has 1 aliphatic carbocycles. The van der Waals surface area contributed by atoms with Gasteiger partial charge in [-0.1, -0.05) is 56.2 Å². The minimum atomic E-state index is 0.343. The van der Waals surface area contributed by atoms with Crippen LogP contribution in [0.2, 0.25) is 0 Å². The Labute approximate surface area is 135 Å². The fourth-order valence-electron chi connectivity index (χ4n) is 3.30. The van der Waals surface area contributed by atoms with Crippen LogP contribution in [-0.2, 0) is 11.2 Å². The average Bonchev–Trinajstić information content (AvgIpc) is 2.45. The standard InChI is InChI=1S/C21H30O/c1-3-19(20-13-8-14-20)16-21(22)15-17(2)9-7-12-18-10-5-4-6-11-18/h4-6,10-11,16-17,20H,3,7-9,12-15H2,1-2H3/b19-16+. The Kier molecular flexibility index (Phi) is 6.89. The van der Waals surface area contributed by atoms with E-state index < -0.39 is 0 Å². The molecule has 0 aromatic heterocycles. The lowest BCUT2D eigenvalue weighted by Gasteiger charge is -2.27. The highest BCUT2D eigenvalue weighted by Crippen LogP contribution is 2.34. The second-order valence-corrected chi connectivity index (χ2v) is 6.85. The van der Waals surface area contributed by atoms with Gasteiger partial charge in [-0.15, -0.1) is 0 Å². The summed E-state index contributed by atoms with van der Waals surface area (Å²) in [5.74, 6) is 1.55. The van der Waals surface area contributed by atoms with Crippen LogP contribution in [0.5, 0.6) is 0 Å². The first-order chi connectivity index (χ1) is 10.7. The molecule has 0 saturated heterocycles. The van der Waals surface area contributed by atoms with E-state index in [1.54, 1.807) is 0 Å². The Bertz CT molecular complexity index is 482. The molecule has 1 heteroatoms. The second-order valence-electron chi connectivity index (χ2n) is 6.85. The highest BCUT2D eigenvalue weighted by molar-refractivity contribution is 5.90. The Morgan fingerprint density at radius 1 is 1.27 bits per heavy atom. The molecule has 1 aliphatic rings. The summed E-state index contributed by atoms with van der Waals surface area (Å²) in [5.41, 5.74) is 2.80.